The zero-order valence-electron chi connectivity index (χ0n) is 11.6. The molecule has 0 aromatic rings. The maximum absolute atomic E-state index is 11.6. The molecule has 100 valence electrons. The molecule has 4 heteroatoms. The first-order chi connectivity index (χ1) is 7.62. The van der Waals surface area contributed by atoms with Crippen molar-refractivity contribution in [2.45, 2.75) is 64.4 Å². The second-order valence-corrected chi connectivity index (χ2v) is 7.72. The van der Waals surface area contributed by atoms with Crippen LogP contribution >= 0.6 is 11.8 Å². The van der Waals surface area contributed by atoms with Crippen molar-refractivity contribution >= 4 is 17.7 Å². The van der Waals surface area contributed by atoms with Crippen molar-refractivity contribution in [2.24, 2.45) is 11.1 Å². The van der Waals surface area contributed by atoms with Gasteiger partial charge in [0, 0.05) is 11.3 Å². The molecule has 1 aliphatic rings. The van der Waals surface area contributed by atoms with E-state index >= 15 is 0 Å². The SMILES string of the molecule is CC(C)(C)OC(=O)CSC1CCC(C)(C)C1N. The predicted molar refractivity (Wildman–Crippen MR) is 73.1 cm³/mol. The lowest BCUT2D eigenvalue weighted by Crippen LogP contribution is -2.39. The van der Waals surface area contributed by atoms with Gasteiger partial charge < -0.3 is 10.5 Å². The van der Waals surface area contributed by atoms with Crippen LogP contribution in [0.1, 0.15) is 47.5 Å². The summed E-state index contributed by atoms with van der Waals surface area (Å²) in [5.74, 6) is 0.269. The van der Waals surface area contributed by atoms with Crippen molar-refractivity contribution in [3.8, 4) is 0 Å². The third-order valence-electron chi connectivity index (χ3n) is 3.21. The van der Waals surface area contributed by atoms with Gasteiger partial charge >= 0.3 is 5.97 Å². The Hall–Kier alpha value is -0.220. The molecule has 1 aliphatic carbocycles. The van der Waals surface area contributed by atoms with E-state index in [1.54, 1.807) is 11.8 Å². The van der Waals surface area contributed by atoms with Gasteiger partial charge in [0.25, 0.3) is 0 Å². The highest BCUT2D eigenvalue weighted by Gasteiger charge is 2.39. The molecule has 1 rings (SSSR count). The normalized spacial score (nSPS) is 28.1. The smallest absolute Gasteiger partial charge is 0.316 e. The zero-order chi connectivity index (χ0) is 13.3. The van der Waals surface area contributed by atoms with Gasteiger partial charge in [0.15, 0.2) is 0 Å². The van der Waals surface area contributed by atoms with Gasteiger partial charge in [-0.3, -0.25) is 4.79 Å². The molecule has 2 N–H and O–H groups in total. The number of hydrogen-bond acceptors (Lipinski definition) is 4. The van der Waals surface area contributed by atoms with E-state index < -0.39 is 5.60 Å². The first kappa shape index (κ1) is 14.8. The van der Waals surface area contributed by atoms with E-state index in [1.807, 2.05) is 20.8 Å². The largest absolute Gasteiger partial charge is 0.459 e. The minimum absolute atomic E-state index is 0.139. The maximum atomic E-state index is 11.6. The molecular formula is C13H25NO2S. The van der Waals surface area contributed by atoms with E-state index in [9.17, 15) is 4.79 Å². The summed E-state index contributed by atoms with van der Waals surface area (Å²) >= 11 is 1.64. The number of thioether (sulfide) groups is 1. The molecular weight excluding hydrogens is 234 g/mol. The molecule has 0 aromatic carbocycles. The highest BCUT2D eigenvalue weighted by atomic mass is 32.2. The van der Waals surface area contributed by atoms with E-state index in [0.29, 0.717) is 11.0 Å². The van der Waals surface area contributed by atoms with E-state index in [4.69, 9.17) is 10.5 Å². The quantitative estimate of drug-likeness (QED) is 0.792. The number of ether oxygens (including phenoxy) is 1. The highest BCUT2D eigenvalue weighted by molar-refractivity contribution is 8.00. The monoisotopic (exact) mass is 259 g/mol. The van der Waals surface area contributed by atoms with Crippen molar-refractivity contribution in [3.05, 3.63) is 0 Å². The molecule has 2 atom stereocenters. The lowest BCUT2D eigenvalue weighted by Gasteiger charge is -2.26. The Morgan fingerprint density at radius 2 is 2.06 bits per heavy atom. The molecule has 0 heterocycles. The van der Waals surface area contributed by atoms with Gasteiger partial charge in [-0.25, -0.2) is 0 Å². The Labute approximate surface area is 109 Å². The molecule has 0 aliphatic heterocycles. The number of hydrogen-bond donors (Lipinski definition) is 1. The fourth-order valence-corrected chi connectivity index (χ4v) is 3.37. The van der Waals surface area contributed by atoms with Gasteiger partial charge in [0.05, 0.1) is 5.75 Å². The van der Waals surface area contributed by atoms with Crippen LogP contribution < -0.4 is 5.73 Å². The first-order valence-corrected chi connectivity index (χ1v) is 7.26. The van der Waals surface area contributed by atoms with Crippen molar-refractivity contribution in [1.82, 2.24) is 0 Å². The predicted octanol–water partition coefficient (Wildman–Crippen LogP) is 2.58. The number of carbonyl (C=O) groups excluding carboxylic acids is 1. The zero-order valence-corrected chi connectivity index (χ0v) is 12.4. The van der Waals surface area contributed by atoms with Crippen molar-refractivity contribution < 1.29 is 9.53 Å². The Kier molecular flexibility index (Phi) is 4.53. The standard InChI is InChI=1S/C13H25NO2S/c1-12(2,3)16-10(15)8-17-9-6-7-13(4,5)11(9)14/h9,11H,6-8,14H2,1-5H3. The molecule has 2 unspecified atom stereocenters. The van der Waals surface area contributed by atoms with Crippen LogP contribution in [0.25, 0.3) is 0 Å². The summed E-state index contributed by atoms with van der Waals surface area (Å²) < 4.78 is 5.28. The number of esters is 1. The summed E-state index contributed by atoms with van der Waals surface area (Å²) in [7, 11) is 0. The minimum Gasteiger partial charge on any atom is -0.459 e. The van der Waals surface area contributed by atoms with Crippen LogP contribution in [0.3, 0.4) is 0 Å². The fourth-order valence-electron chi connectivity index (χ4n) is 2.10. The van der Waals surface area contributed by atoms with Crippen LogP contribution in [0.2, 0.25) is 0 Å². The average molecular weight is 259 g/mol. The summed E-state index contributed by atoms with van der Waals surface area (Å²) in [4.78, 5) is 11.6. The summed E-state index contributed by atoms with van der Waals surface area (Å²) in [5, 5.41) is 0.387. The van der Waals surface area contributed by atoms with Gasteiger partial charge in [-0.1, -0.05) is 13.8 Å². The molecule has 0 saturated heterocycles. The van der Waals surface area contributed by atoms with Gasteiger partial charge in [-0.05, 0) is 39.0 Å². The molecule has 0 radical (unpaired) electrons. The van der Waals surface area contributed by atoms with Gasteiger partial charge in [0.1, 0.15) is 5.60 Å². The molecule has 0 spiro atoms. The first-order valence-electron chi connectivity index (χ1n) is 6.21. The topological polar surface area (TPSA) is 52.3 Å². The fraction of sp³-hybridized carbons (Fsp3) is 0.923. The van der Waals surface area contributed by atoms with Crippen molar-refractivity contribution in [1.29, 1.82) is 0 Å². The third kappa shape index (κ3) is 4.51. The van der Waals surface area contributed by atoms with E-state index in [-0.39, 0.29) is 17.4 Å². The second kappa shape index (κ2) is 5.19. The molecule has 0 aromatic heterocycles. The van der Waals surface area contributed by atoms with Gasteiger partial charge in [-0.15, -0.1) is 11.8 Å². The Morgan fingerprint density at radius 1 is 1.47 bits per heavy atom. The number of carbonyl (C=O) groups is 1. The Balaban J connectivity index is 2.35. The lowest BCUT2D eigenvalue weighted by atomic mass is 9.88. The van der Waals surface area contributed by atoms with Crippen molar-refractivity contribution in [3.63, 3.8) is 0 Å². The van der Waals surface area contributed by atoms with E-state index in [2.05, 4.69) is 13.8 Å². The van der Waals surface area contributed by atoms with Gasteiger partial charge in [0.2, 0.25) is 0 Å². The number of rotatable bonds is 3. The summed E-state index contributed by atoms with van der Waals surface area (Å²) in [6.07, 6.45) is 2.24. The molecule has 3 nitrogen and oxygen atoms in total. The third-order valence-corrected chi connectivity index (χ3v) is 4.57. The summed E-state index contributed by atoms with van der Waals surface area (Å²) in [6, 6.07) is 0.176. The van der Waals surface area contributed by atoms with Crippen LogP contribution in [-0.4, -0.2) is 28.6 Å². The van der Waals surface area contributed by atoms with Crippen LogP contribution in [0.15, 0.2) is 0 Å². The van der Waals surface area contributed by atoms with E-state index in [0.717, 1.165) is 12.8 Å². The minimum atomic E-state index is -0.394. The molecule has 1 saturated carbocycles. The van der Waals surface area contributed by atoms with Crippen LogP contribution in [-0.2, 0) is 9.53 Å². The van der Waals surface area contributed by atoms with Crippen LogP contribution in [0.4, 0.5) is 0 Å². The summed E-state index contributed by atoms with van der Waals surface area (Å²) in [6.45, 7) is 10.1. The average Bonchev–Trinajstić information content (AvgIpc) is 2.37. The molecule has 0 bridgehead atoms. The summed E-state index contributed by atoms with van der Waals surface area (Å²) in [5.41, 5.74) is 6.00. The van der Waals surface area contributed by atoms with Crippen molar-refractivity contribution in [2.75, 3.05) is 5.75 Å². The second-order valence-electron chi connectivity index (χ2n) is 6.49. The van der Waals surface area contributed by atoms with Crippen LogP contribution in [0.5, 0.6) is 0 Å². The van der Waals surface area contributed by atoms with Crippen LogP contribution in [0, 0.1) is 5.41 Å². The molecule has 17 heavy (non-hydrogen) atoms. The maximum Gasteiger partial charge on any atom is 0.316 e. The van der Waals surface area contributed by atoms with Gasteiger partial charge in [-0.2, -0.15) is 0 Å². The molecule has 0 amide bonds. The Morgan fingerprint density at radius 3 is 2.47 bits per heavy atom. The Bertz CT molecular complexity index is 284. The number of nitrogens with two attached hydrogens (primary N) is 1. The van der Waals surface area contributed by atoms with E-state index in [1.165, 1.54) is 0 Å². The molecule has 1 fully saturated rings. The highest BCUT2D eigenvalue weighted by Crippen LogP contribution is 2.41. The lowest BCUT2D eigenvalue weighted by molar-refractivity contribution is -0.151.